The molecule has 29 heavy (non-hydrogen) atoms. The molecule has 2 atom stereocenters. The zero-order valence-electron chi connectivity index (χ0n) is 18.0. The minimum absolute atomic E-state index is 0.236. The highest BCUT2D eigenvalue weighted by Crippen LogP contribution is 2.28. The van der Waals surface area contributed by atoms with Crippen molar-refractivity contribution in [1.82, 2.24) is 10.3 Å². The SMILES string of the molecule is CC(C)(C)OC(=O)N1CCCc2ccc(CCCCNC3CCC(C#N)C3)nc21. The van der Waals surface area contributed by atoms with Crippen LogP contribution in [0.2, 0.25) is 0 Å². The molecule has 0 saturated heterocycles. The zero-order chi connectivity index (χ0) is 20.9. The molecule has 1 aromatic rings. The smallest absolute Gasteiger partial charge is 0.416 e. The number of pyridine rings is 1. The summed E-state index contributed by atoms with van der Waals surface area (Å²) in [6, 6.07) is 7.10. The topological polar surface area (TPSA) is 78.2 Å². The van der Waals surface area contributed by atoms with Gasteiger partial charge in [0.05, 0.1) is 6.07 Å². The number of aromatic nitrogens is 1. The van der Waals surface area contributed by atoms with Crippen LogP contribution < -0.4 is 10.2 Å². The first-order valence-electron chi connectivity index (χ1n) is 11.0. The van der Waals surface area contributed by atoms with Gasteiger partial charge >= 0.3 is 6.09 Å². The molecule has 2 heterocycles. The Morgan fingerprint density at radius 1 is 1.34 bits per heavy atom. The number of nitrogens with one attached hydrogen (secondary N) is 1. The van der Waals surface area contributed by atoms with Crippen LogP contribution in [0, 0.1) is 17.2 Å². The summed E-state index contributed by atoms with van der Waals surface area (Å²) in [6.07, 6.45) is 7.77. The van der Waals surface area contributed by atoms with E-state index in [-0.39, 0.29) is 12.0 Å². The van der Waals surface area contributed by atoms with E-state index in [2.05, 4.69) is 23.5 Å². The van der Waals surface area contributed by atoms with Gasteiger partial charge in [-0.15, -0.1) is 0 Å². The normalized spacial score (nSPS) is 21.5. The van der Waals surface area contributed by atoms with Gasteiger partial charge in [-0.05, 0) is 90.3 Å². The molecule has 0 spiro atoms. The van der Waals surface area contributed by atoms with Crippen LogP contribution in [0.3, 0.4) is 0 Å². The Kier molecular flexibility index (Phi) is 7.13. The van der Waals surface area contributed by atoms with Gasteiger partial charge in [-0.25, -0.2) is 9.78 Å². The van der Waals surface area contributed by atoms with Gasteiger partial charge in [-0.2, -0.15) is 5.26 Å². The molecule has 6 nitrogen and oxygen atoms in total. The molecule has 0 aromatic carbocycles. The lowest BCUT2D eigenvalue weighted by atomic mass is 10.0. The lowest BCUT2D eigenvalue weighted by Gasteiger charge is -2.31. The van der Waals surface area contributed by atoms with E-state index in [9.17, 15) is 4.79 Å². The van der Waals surface area contributed by atoms with E-state index < -0.39 is 5.60 Å². The van der Waals surface area contributed by atoms with E-state index in [1.807, 2.05) is 20.8 Å². The molecule has 2 aliphatic rings. The van der Waals surface area contributed by atoms with Crippen molar-refractivity contribution < 1.29 is 9.53 Å². The lowest BCUT2D eigenvalue weighted by molar-refractivity contribution is 0.0576. The second-order valence-electron chi connectivity index (χ2n) is 9.27. The highest BCUT2D eigenvalue weighted by molar-refractivity contribution is 5.88. The van der Waals surface area contributed by atoms with Crippen LogP contribution in [0.25, 0.3) is 0 Å². The number of hydrogen-bond acceptors (Lipinski definition) is 5. The summed E-state index contributed by atoms with van der Waals surface area (Å²) in [7, 11) is 0. The summed E-state index contributed by atoms with van der Waals surface area (Å²) in [5.41, 5.74) is 1.65. The maximum atomic E-state index is 12.6. The Hall–Kier alpha value is -2.13. The van der Waals surface area contributed by atoms with Gasteiger partial charge in [0.1, 0.15) is 11.4 Å². The molecule has 1 aliphatic carbocycles. The molecule has 1 fully saturated rings. The Balaban J connectivity index is 1.49. The molecule has 3 rings (SSSR count). The van der Waals surface area contributed by atoms with Crippen LogP contribution >= 0.6 is 0 Å². The molecule has 1 aromatic heterocycles. The predicted molar refractivity (Wildman–Crippen MR) is 114 cm³/mol. The average molecular weight is 399 g/mol. The molecule has 1 aliphatic heterocycles. The van der Waals surface area contributed by atoms with E-state index in [1.165, 1.54) is 0 Å². The summed E-state index contributed by atoms with van der Waals surface area (Å²) >= 11 is 0. The largest absolute Gasteiger partial charge is 0.443 e. The van der Waals surface area contributed by atoms with Gasteiger partial charge in [-0.3, -0.25) is 4.90 Å². The number of unbranched alkanes of at least 4 members (excludes halogenated alkanes) is 1. The van der Waals surface area contributed by atoms with Gasteiger partial charge in [-0.1, -0.05) is 6.07 Å². The minimum Gasteiger partial charge on any atom is -0.443 e. The number of aryl methyl sites for hydroxylation is 2. The van der Waals surface area contributed by atoms with Crippen LogP contribution in [0.4, 0.5) is 10.6 Å². The van der Waals surface area contributed by atoms with E-state index >= 15 is 0 Å². The van der Waals surface area contributed by atoms with Crippen molar-refractivity contribution in [2.75, 3.05) is 18.0 Å². The average Bonchev–Trinajstić information content (AvgIpc) is 3.14. The number of amides is 1. The van der Waals surface area contributed by atoms with E-state index in [0.29, 0.717) is 12.6 Å². The molecule has 0 radical (unpaired) electrons. The highest BCUT2D eigenvalue weighted by Gasteiger charge is 2.28. The molecule has 0 bridgehead atoms. The molecule has 158 valence electrons. The van der Waals surface area contributed by atoms with Gasteiger partial charge in [0.25, 0.3) is 0 Å². The van der Waals surface area contributed by atoms with Crippen LogP contribution in [0.5, 0.6) is 0 Å². The van der Waals surface area contributed by atoms with Crippen molar-refractivity contribution in [3.63, 3.8) is 0 Å². The van der Waals surface area contributed by atoms with Crippen molar-refractivity contribution >= 4 is 11.9 Å². The van der Waals surface area contributed by atoms with Gasteiger partial charge in [0, 0.05) is 24.2 Å². The van der Waals surface area contributed by atoms with Gasteiger partial charge in [0.2, 0.25) is 0 Å². The molecule has 1 amide bonds. The molecule has 6 heteroatoms. The summed E-state index contributed by atoms with van der Waals surface area (Å²) in [5.74, 6) is 1.01. The van der Waals surface area contributed by atoms with Crippen molar-refractivity contribution in [2.24, 2.45) is 5.92 Å². The molecular formula is C23H34N4O2. The molecule has 2 unspecified atom stereocenters. The number of rotatable bonds is 6. The standard InChI is InChI=1S/C23H34N4O2/c1-23(2,3)29-22(28)27-14-6-7-18-10-12-19(26-21(18)27)8-4-5-13-25-20-11-9-17(15-20)16-24/h10,12,17,20,25H,4-9,11,13-15H2,1-3H3. The predicted octanol–water partition coefficient (Wildman–Crippen LogP) is 4.37. The van der Waals surface area contributed by atoms with E-state index in [1.54, 1.807) is 4.90 Å². The summed E-state index contributed by atoms with van der Waals surface area (Å²) in [4.78, 5) is 19.1. The van der Waals surface area contributed by atoms with E-state index in [0.717, 1.165) is 75.0 Å². The third-order valence-electron chi connectivity index (χ3n) is 5.62. The Bertz CT molecular complexity index is 750. The van der Waals surface area contributed by atoms with Crippen LogP contribution in [-0.4, -0.2) is 35.8 Å². The summed E-state index contributed by atoms with van der Waals surface area (Å²) < 4.78 is 5.57. The molecule has 1 N–H and O–H groups in total. The van der Waals surface area contributed by atoms with Crippen molar-refractivity contribution in [2.45, 2.75) is 83.8 Å². The fraction of sp³-hybridized carbons (Fsp3) is 0.696. The number of nitriles is 1. The monoisotopic (exact) mass is 398 g/mol. The van der Waals surface area contributed by atoms with Crippen LogP contribution in [0.1, 0.15) is 70.6 Å². The fourth-order valence-corrected chi connectivity index (χ4v) is 4.13. The quantitative estimate of drug-likeness (QED) is 0.720. The Morgan fingerprint density at radius 3 is 2.90 bits per heavy atom. The van der Waals surface area contributed by atoms with Crippen molar-refractivity contribution in [3.05, 3.63) is 23.4 Å². The van der Waals surface area contributed by atoms with Crippen LogP contribution in [-0.2, 0) is 17.6 Å². The summed E-state index contributed by atoms with van der Waals surface area (Å²) in [6.45, 7) is 7.31. The third-order valence-corrected chi connectivity index (χ3v) is 5.62. The second kappa shape index (κ2) is 9.58. The number of hydrogen-bond donors (Lipinski definition) is 1. The second-order valence-corrected chi connectivity index (χ2v) is 9.27. The number of anilines is 1. The van der Waals surface area contributed by atoms with Gasteiger partial charge in [0.15, 0.2) is 0 Å². The number of ether oxygens (including phenoxy) is 1. The third kappa shape index (κ3) is 6.17. The first kappa shape index (κ1) is 21.6. The highest BCUT2D eigenvalue weighted by atomic mass is 16.6. The number of fused-ring (bicyclic) bond motifs is 1. The molecule has 1 saturated carbocycles. The zero-order valence-corrected chi connectivity index (χ0v) is 18.0. The minimum atomic E-state index is -0.508. The lowest BCUT2D eigenvalue weighted by Crippen LogP contribution is -2.40. The van der Waals surface area contributed by atoms with E-state index in [4.69, 9.17) is 15.0 Å². The number of carbonyl (C=O) groups is 1. The first-order valence-corrected chi connectivity index (χ1v) is 11.0. The van der Waals surface area contributed by atoms with Crippen molar-refractivity contribution in [3.8, 4) is 6.07 Å². The number of nitrogens with zero attached hydrogens (tertiary/aromatic N) is 3. The maximum absolute atomic E-state index is 12.6. The van der Waals surface area contributed by atoms with Crippen LogP contribution in [0.15, 0.2) is 12.1 Å². The Morgan fingerprint density at radius 2 is 2.17 bits per heavy atom. The first-order chi connectivity index (χ1) is 13.9. The van der Waals surface area contributed by atoms with Gasteiger partial charge < -0.3 is 10.1 Å². The summed E-state index contributed by atoms with van der Waals surface area (Å²) in [5, 5.41) is 12.6. The van der Waals surface area contributed by atoms with Crippen molar-refractivity contribution in [1.29, 1.82) is 5.26 Å². The Labute approximate surface area is 174 Å². The fourth-order valence-electron chi connectivity index (χ4n) is 4.13. The maximum Gasteiger partial charge on any atom is 0.416 e. The molecular weight excluding hydrogens is 364 g/mol. The number of carbonyl (C=O) groups excluding carboxylic acids is 1.